The minimum absolute atomic E-state index is 0.119. The molecule has 32 heavy (non-hydrogen) atoms. The number of anilines is 1. The van der Waals surface area contributed by atoms with Crippen LogP contribution in [0.4, 0.5) is 5.69 Å². The highest BCUT2D eigenvalue weighted by Crippen LogP contribution is 2.31. The van der Waals surface area contributed by atoms with Crippen LogP contribution in [0.3, 0.4) is 0 Å². The maximum atomic E-state index is 13.7. The Balaban J connectivity index is 1.78. The molecule has 0 aliphatic heterocycles. The second kappa shape index (κ2) is 10.4. The van der Waals surface area contributed by atoms with Crippen molar-refractivity contribution < 1.29 is 9.59 Å². The number of nitrogens with zero attached hydrogens (tertiary/aromatic N) is 2. The first-order valence-corrected chi connectivity index (χ1v) is 11.4. The quantitative estimate of drug-likeness (QED) is 0.537. The highest BCUT2D eigenvalue weighted by Gasteiger charge is 2.35. The summed E-state index contributed by atoms with van der Waals surface area (Å²) < 4.78 is 0. The van der Waals surface area contributed by atoms with Crippen LogP contribution in [-0.4, -0.2) is 22.8 Å². The van der Waals surface area contributed by atoms with Crippen molar-refractivity contribution in [2.75, 3.05) is 4.90 Å². The van der Waals surface area contributed by atoms with Crippen LogP contribution < -0.4 is 10.2 Å². The Morgan fingerprint density at radius 1 is 0.938 bits per heavy atom. The number of amides is 2. The molecule has 0 spiro atoms. The molecule has 1 fully saturated rings. The van der Waals surface area contributed by atoms with Gasteiger partial charge in [-0.2, -0.15) is 0 Å². The molecule has 164 valence electrons. The topological polar surface area (TPSA) is 62.3 Å². The first kappa shape index (κ1) is 22.0. The van der Waals surface area contributed by atoms with Crippen LogP contribution in [0, 0.1) is 0 Å². The highest BCUT2D eigenvalue weighted by molar-refractivity contribution is 6.31. The van der Waals surface area contributed by atoms with Crippen molar-refractivity contribution in [2.24, 2.45) is 0 Å². The molecule has 0 radical (unpaired) electrons. The molecule has 1 N–H and O–H groups in total. The van der Waals surface area contributed by atoms with Crippen LogP contribution in [0.25, 0.3) is 0 Å². The molecule has 1 atom stereocenters. The van der Waals surface area contributed by atoms with E-state index in [1.807, 2.05) is 30.3 Å². The van der Waals surface area contributed by atoms with E-state index >= 15 is 0 Å². The summed E-state index contributed by atoms with van der Waals surface area (Å²) in [6.07, 6.45) is 6.89. The van der Waals surface area contributed by atoms with Crippen LogP contribution in [0.2, 0.25) is 5.02 Å². The third kappa shape index (κ3) is 5.17. The zero-order valence-corrected chi connectivity index (χ0v) is 18.5. The van der Waals surface area contributed by atoms with Crippen LogP contribution in [0.15, 0.2) is 79.0 Å². The fourth-order valence-electron chi connectivity index (χ4n) is 4.20. The van der Waals surface area contributed by atoms with Crippen molar-refractivity contribution in [1.29, 1.82) is 0 Å². The molecule has 0 saturated heterocycles. The number of hydrogen-bond acceptors (Lipinski definition) is 3. The fourth-order valence-corrected chi connectivity index (χ4v) is 4.39. The summed E-state index contributed by atoms with van der Waals surface area (Å²) in [6, 6.07) is 20.8. The largest absolute Gasteiger partial charge is 0.351 e. The van der Waals surface area contributed by atoms with Gasteiger partial charge in [-0.3, -0.25) is 19.5 Å². The van der Waals surface area contributed by atoms with Crippen LogP contribution in [0.1, 0.15) is 54.2 Å². The highest BCUT2D eigenvalue weighted by atomic mass is 35.5. The summed E-state index contributed by atoms with van der Waals surface area (Å²) in [5, 5.41) is 3.69. The molecular formula is C26H26ClN3O2. The van der Waals surface area contributed by atoms with E-state index in [0.717, 1.165) is 31.2 Å². The third-order valence-electron chi connectivity index (χ3n) is 5.76. The monoisotopic (exact) mass is 447 g/mol. The molecular weight excluding hydrogens is 422 g/mol. The Hall–Kier alpha value is -3.18. The maximum Gasteiger partial charge on any atom is 0.277 e. The lowest BCUT2D eigenvalue weighted by Crippen LogP contribution is -2.47. The summed E-state index contributed by atoms with van der Waals surface area (Å²) in [4.78, 5) is 33.1. The van der Waals surface area contributed by atoms with Crippen molar-refractivity contribution in [1.82, 2.24) is 10.3 Å². The molecule has 5 nitrogen and oxygen atoms in total. The zero-order valence-electron chi connectivity index (χ0n) is 17.8. The average molecular weight is 448 g/mol. The summed E-state index contributed by atoms with van der Waals surface area (Å²) in [7, 11) is 0. The molecule has 1 saturated carbocycles. The summed E-state index contributed by atoms with van der Waals surface area (Å²) in [5.41, 5.74) is 1.53. The van der Waals surface area contributed by atoms with Crippen molar-refractivity contribution in [3.63, 3.8) is 0 Å². The van der Waals surface area contributed by atoms with E-state index in [-0.39, 0.29) is 23.6 Å². The van der Waals surface area contributed by atoms with E-state index in [0.29, 0.717) is 10.7 Å². The standard InChI is InChI=1S/C26H26ClN3O2/c27-20-12-9-15-22(18-20)30(26(32)23-16-7-8-17-28-23)24(19-10-3-1-4-11-19)25(31)29-21-13-5-2-6-14-21/h1,3-4,7-12,15-18,21,24H,2,5-6,13-14H2,(H,29,31). The van der Waals surface area contributed by atoms with Gasteiger partial charge >= 0.3 is 0 Å². The minimum Gasteiger partial charge on any atom is -0.351 e. The predicted octanol–water partition coefficient (Wildman–Crippen LogP) is 5.57. The number of hydrogen-bond donors (Lipinski definition) is 1. The number of halogens is 1. The SMILES string of the molecule is O=C(NC1CCCCC1)C(c1ccccc1)N(C(=O)c1ccccn1)c1cccc(Cl)c1. The van der Waals surface area contributed by atoms with Crippen LogP contribution in [0.5, 0.6) is 0 Å². The van der Waals surface area contributed by atoms with Gasteiger partial charge in [-0.05, 0) is 48.7 Å². The number of rotatable bonds is 6. The Morgan fingerprint density at radius 3 is 2.38 bits per heavy atom. The smallest absolute Gasteiger partial charge is 0.277 e. The normalized spacial score (nSPS) is 15.0. The number of carbonyl (C=O) groups is 2. The molecule has 1 heterocycles. The van der Waals surface area contributed by atoms with Gasteiger partial charge in [0.05, 0.1) is 0 Å². The number of nitrogens with one attached hydrogen (secondary N) is 1. The van der Waals surface area contributed by atoms with Crippen molar-refractivity contribution in [2.45, 2.75) is 44.2 Å². The molecule has 2 amide bonds. The molecule has 1 aromatic heterocycles. The second-order valence-electron chi connectivity index (χ2n) is 8.03. The van der Waals surface area contributed by atoms with Gasteiger partial charge in [-0.25, -0.2) is 0 Å². The van der Waals surface area contributed by atoms with Crippen molar-refractivity contribution in [3.05, 3.63) is 95.3 Å². The van der Waals surface area contributed by atoms with E-state index in [9.17, 15) is 9.59 Å². The number of aromatic nitrogens is 1. The van der Waals surface area contributed by atoms with E-state index in [4.69, 9.17) is 11.6 Å². The molecule has 6 heteroatoms. The van der Waals surface area contributed by atoms with E-state index in [2.05, 4.69) is 10.3 Å². The van der Waals surface area contributed by atoms with Gasteiger partial charge in [0.25, 0.3) is 5.91 Å². The van der Waals surface area contributed by atoms with Gasteiger partial charge in [0.1, 0.15) is 11.7 Å². The molecule has 1 aliphatic carbocycles. The van der Waals surface area contributed by atoms with Gasteiger partial charge in [-0.15, -0.1) is 0 Å². The first-order valence-electron chi connectivity index (χ1n) is 11.0. The number of carbonyl (C=O) groups excluding carboxylic acids is 2. The molecule has 2 aromatic carbocycles. The molecule has 0 bridgehead atoms. The van der Waals surface area contributed by atoms with E-state index in [1.165, 1.54) is 11.3 Å². The Labute approximate surface area is 193 Å². The van der Waals surface area contributed by atoms with Gasteiger partial charge in [0.15, 0.2) is 0 Å². The Morgan fingerprint density at radius 2 is 1.69 bits per heavy atom. The lowest BCUT2D eigenvalue weighted by molar-refractivity contribution is -0.123. The number of pyridine rings is 1. The van der Waals surface area contributed by atoms with Crippen molar-refractivity contribution in [3.8, 4) is 0 Å². The summed E-state index contributed by atoms with van der Waals surface area (Å²) in [6.45, 7) is 0. The fraction of sp³-hybridized carbons (Fsp3) is 0.269. The van der Waals surface area contributed by atoms with Crippen molar-refractivity contribution >= 4 is 29.1 Å². The second-order valence-corrected chi connectivity index (χ2v) is 8.46. The van der Waals surface area contributed by atoms with E-state index in [1.54, 1.807) is 48.7 Å². The van der Waals surface area contributed by atoms with Gasteiger partial charge in [0, 0.05) is 22.9 Å². The molecule has 4 rings (SSSR count). The van der Waals surface area contributed by atoms with Gasteiger partial charge in [0.2, 0.25) is 5.91 Å². The van der Waals surface area contributed by atoms with Gasteiger partial charge < -0.3 is 5.32 Å². The minimum atomic E-state index is -0.855. The maximum absolute atomic E-state index is 13.7. The summed E-state index contributed by atoms with van der Waals surface area (Å²) >= 11 is 6.27. The number of benzene rings is 2. The predicted molar refractivity (Wildman–Crippen MR) is 127 cm³/mol. The molecule has 3 aromatic rings. The molecule has 1 aliphatic rings. The van der Waals surface area contributed by atoms with Crippen LogP contribution >= 0.6 is 11.6 Å². The summed E-state index contributed by atoms with van der Waals surface area (Å²) in [5.74, 6) is -0.562. The zero-order chi connectivity index (χ0) is 22.3. The third-order valence-corrected chi connectivity index (χ3v) is 6.00. The van der Waals surface area contributed by atoms with Gasteiger partial charge in [-0.1, -0.05) is 73.3 Å². The lowest BCUT2D eigenvalue weighted by Gasteiger charge is -2.33. The average Bonchev–Trinajstić information content (AvgIpc) is 2.83. The first-order chi connectivity index (χ1) is 15.6. The Kier molecular flexibility index (Phi) is 7.17. The van der Waals surface area contributed by atoms with E-state index < -0.39 is 6.04 Å². The Bertz CT molecular complexity index is 1050. The molecule has 1 unspecified atom stereocenters. The van der Waals surface area contributed by atoms with Crippen LogP contribution in [-0.2, 0) is 4.79 Å². The lowest BCUT2D eigenvalue weighted by atomic mass is 9.94.